The van der Waals surface area contributed by atoms with Gasteiger partial charge in [0.15, 0.2) is 0 Å². The third kappa shape index (κ3) is 3.37. The van der Waals surface area contributed by atoms with E-state index in [9.17, 15) is 5.11 Å². The Morgan fingerprint density at radius 3 is 2.74 bits per heavy atom. The van der Waals surface area contributed by atoms with Crippen molar-refractivity contribution in [1.82, 2.24) is 5.32 Å². The lowest BCUT2D eigenvalue weighted by atomic mass is 10.1. The molecule has 1 aromatic carbocycles. The highest BCUT2D eigenvalue weighted by Gasteiger charge is 2.27. The van der Waals surface area contributed by atoms with Crippen molar-refractivity contribution in [3.63, 3.8) is 0 Å². The first-order valence-electron chi connectivity index (χ1n) is 6.82. The van der Waals surface area contributed by atoms with Gasteiger partial charge in [-0.2, -0.15) is 11.8 Å². The van der Waals surface area contributed by atoms with Crippen LogP contribution in [0, 0.1) is 0 Å². The van der Waals surface area contributed by atoms with Gasteiger partial charge in [0.05, 0.1) is 0 Å². The predicted molar refractivity (Wildman–Crippen MR) is 84.3 cm³/mol. The Labute approximate surface area is 120 Å². The number of phenols is 1. The van der Waals surface area contributed by atoms with Crippen molar-refractivity contribution in [3.05, 3.63) is 23.8 Å². The van der Waals surface area contributed by atoms with Crippen molar-refractivity contribution in [2.24, 2.45) is 0 Å². The highest BCUT2D eigenvalue weighted by molar-refractivity contribution is 8.00. The van der Waals surface area contributed by atoms with Crippen LogP contribution in [0.4, 0.5) is 5.69 Å². The molecule has 19 heavy (non-hydrogen) atoms. The molecule has 106 valence electrons. The van der Waals surface area contributed by atoms with Crippen LogP contribution in [0.25, 0.3) is 0 Å². The van der Waals surface area contributed by atoms with E-state index in [4.69, 9.17) is 0 Å². The van der Waals surface area contributed by atoms with Crippen LogP contribution >= 0.6 is 11.8 Å². The Bertz CT molecular complexity index is 448. The quantitative estimate of drug-likeness (QED) is 0.892. The number of thioether (sulfide) groups is 1. The Balaban J connectivity index is 2.20. The minimum atomic E-state index is 0.169. The molecule has 1 saturated heterocycles. The van der Waals surface area contributed by atoms with E-state index in [0.717, 1.165) is 30.1 Å². The molecule has 1 unspecified atom stereocenters. The van der Waals surface area contributed by atoms with Gasteiger partial charge in [-0.3, -0.25) is 0 Å². The zero-order valence-corrected chi connectivity index (χ0v) is 13.0. The Kier molecular flexibility index (Phi) is 4.31. The van der Waals surface area contributed by atoms with Gasteiger partial charge >= 0.3 is 0 Å². The molecule has 4 heteroatoms. The minimum absolute atomic E-state index is 0.169. The van der Waals surface area contributed by atoms with Crippen LogP contribution in [-0.2, 0) is 0 Å². The molecule has 1 heterocycles. The number of anilines is 1. The van der Waals surface area contributed by atoms with Gasteiger partial charge < -0.3 is 15.3 Å². The van der Waals surface area contributed by atoms with E-state index >= 15 is 0 Å². The molecule has 0 radical (unpaired) electrons. The molecule has 0 bridgehead atoms. The molecule has 0 saturated carbocycles. The van der Waals surface area contributed by atoms with E-state index in [1.165, 1.54) is 0 Å². The van der Waals surface area contributed by atoms with Crippen molar-refractivity contribution in [1.29, 1.82) is 0 Å². The second-order valence-electron chi connectivity index (χ2n) is 5.78. The fourth-order valence-electron chi connectivity index (χ4n) is 2.49. The Morgan fingerprint density at radius 2 is 2.16 bits per heavy atom. The maximum Gasteiger partial charge on any atom is 0.122 e. The highest BCUT2D eigenvalue weighted by atomic mass is 32.2. The molecule has 0 aliphatic carbocycles. The molecule has 1 atom stereocenters. The number of benzene rings is 1. The SMILES string of the molecule is CNC(C)c1ccc(N2CCSC(C)(C)C2)cc1O. The number of nitrogens with zero attached hydrogens (tertiary/aromatic N) is 1. The monoisotopic (exact) mass is 280 g/mol. The summed E-state index contributed by atoms with van der Waals surface area (Å²) in [6.07, 6.45) is 0. The summed E-state index contributed by atoms with van der Waals surface area (Å²) in [5.74, 6) is 1.53. The number of nitrogens with one attached hydrogen (secondary N) is 1. The lowest BCUT2D eigenvalue weighted by molar-refractivity contribution is 0.457. The molecule has 0 amide bonds. The summed E-state index contributed by atoms with van der Waals surface area (Å²) >= 11 is 2.02. The van der Waals surface area contributed by atoms with Gasteiger partial charge in [-0.15, -0.1) is 0 Å². The van der Waals surface area contributed by atoms with E-state index in [-0.39, 0.29) is 10.8 Å². The van der Waals surface area contributed by atoms with Crippen LogP contribution in [0.1, 0.15) is 32.4 Å². The Morgan fingerprint density at radius 1 is 1.42 bits per heavy atom. The lowest BCUT2D eigenvalue weighted by Crippen LogP contribution is -2.43. The average molecular weight is 280 g/mol. The summed E-state index contributed by atoms with van der Waals surface area (Å²) in [4.78, 5) is 2.37. The van der Waals surface area contributed by atoms with E-state index in [1.54, 1.807) is 0 Å². The van der Waals surface area contributed by atoms with Crippen molar-refractivity contribution in [2.75, 3.05) is 30.8 Å². The van der Waals surface area contributed by atoms with Gasteiger partial charge in [0.2, 0.25) is 0 Å². The van der Waals surface area contributed by atoms with Crippen LogP contribution in [0.2, 0.25) is 0 Å². The van der Waals surface area contributed by atoms with Crippen molar-refractivity contribution < 1.29 is 5.11 Å². The largest absolute Gasteiger partial charge is 0.508 e. The molecule has 0 aromatic heterocycles. The summed E-state index contributed by atoms with van der Waals surface area (Å²) in [5, 5.41) is 13.3. The van der Waals surface area contributed by atoms with Crippen molar-refractivity contribution >= 4 is 17.4 Å². The van der Waals surface area contributed by atoms with Gasteiger partial charge in [0.1, 0.15) is 5.75 Å². The predicted octanol–water partition coefficient (Wildman–Crippen LogP) is 3.00. The summed E-state index contributed by atoms with van der Waals surface area (Å²) in [6.45, 7) is 8.68. The van der Waals surface area contributed by atoms with Crippen LogP contribution in [0.3, 0.4) is 0 Å². The number of aromatic hydroxyl groups is 1. The molecular formula is C15H24N2OS. The Hall–Kier alpha value is -0.870. The minimum Gasteiger partial charge on any atom is -0.508 e. The van der Waals surface area contributed by atoms with Gasteiger partial charge in [-0.05, 0) is 33.9 Å². The molecule has 0 spiro atoms. The summed E-state index contributed by atoms with van der Waals surface area (Å²) in [5.41, 5.74) is 2.08. The van der Waals surface area contributed by atoms with Crippen LogP contribution < -0.4 is 10.2 Å². The smallest absolute Gasteiger partial charge is 0.122 e. The third-order valence-corrected chi connectivity index (χ3v) is 5.00. The zero-order chi connectivity index (χ0) is 14.0. The van der Waals surface area contributed by atoms with E-state index in [0.29, 0.717) is 5.75 Å². The normalized spacial score (nSPS) is 20.3. The van der Waals surface area contributed by atoms with Gasteiger partial charge in [-0.1, -0.05) is 6.07 Å². The second kappa shape index (κ2) is 5.63. The standard InChI is InChI=1S/C15H24N2OS/c1-11(16-4)13-6-5-12(9-14(13)18)17-7-8-19-15(2,3)10-17/h5-6,9,11,16,18H,7-8,10H2,1-4H3. The van der Waals surface area contributed by atoms with Crippen LogP contribution in [0.5, 0.6) is 5.75 Å². The second-order valence-corrected chi connectivity index (χ2v) is 7.59. The van der Waals surface area contributed by atoms with Crippen molar-refractivity contribution in [3.8, 4) is 5.75 Å². The topological polar surface area (TPSA) is 35.5 Å². The maximum atomic E-state index is 10.2. The summed E-state index contributed by atoms with van der Waals surface area (Å²) in [7, 11) is 1.91. The molecular weight excluding hydrogens is 256 g/mol. The van der Waals surface area contributed by atoms with E-state index < -0.39 is 0 Å². The molecule has 1 aromatic rings. The average Bonchev–Trinajstić information content (AvgIpc) is 2.36. The highest BCUT2D eigenvalue weighted by Crippen LogP contribution is 2.34. The lowest BCUT2D eigenvalue weighted by Gasteiger charge is -2.39. The molecule has 3 nitrogen and oxygen atoms in total. The fourth-order valence-corrected chi connectivity index (χ4v) is 3.60. The van der Waals surface area contributed by atoms with Crippen LogP contribution in [0.15, 0.2) is 18.2 Å². The van der Waals surface area contributed by atoms with Gasteiger partial charge in [-0.25, -0.2) is 0 Å². The maximum absolute atomic E-state index is 10.2. The first-order valence-corrected chi connectivity index (χ1v) is 7.80. The van der Waals surface area contributed by atoms with Crippen molar-refractivity contribution in [2.45, 2.75) is 31.6 Å². The number of hydrogen-bond donors (Lipinski definition) is 2. The fraction of sp³-hybridized carbons (Fsp3) is 0.600. The molecule has 2 N–H and O–H groups in total. The van der Waals surface area contributed by atoms with Gasteiger partial charge in [0, 0.05) is 46.9 Å². The third-order valence-electron chi connectivity index (χ3n) is 3.70. The first kappa shape index (κ1) is 14.5. The van der Waals surface area contributed by atoms with Crippen LogP contribution in [-0.4, -0.2) is 35.7 Å². The molecule has 1 aliphatic heterocycles. The number of rotatable bonds is 3. The molecule has 2 rings (SSSR count). The zero-order valence-electron chi connectivity index (χ0n) is 12.2. The summed E-state index contributed by atoms with van der Waals surface area (Å²) in [6, 6.07) is 6.22. The number of phenolic OH excluding ortho intramolecular Hbond substituents is 1. The van der Waals surface area contributed by atoms with E-state index in [2.05, 4.69) is 37.1 Å². The molecule has 1 fully saturated rings. The number of hydrogen-bond acceptors (Lipinski definition) is 4. The van der Waals surface area contributed by atoms with Gasteiger partial charge in [0.25, 0.3) is 0 Å². The first-order chi connectivity index (χ1) is 8.93. The van der Waals surface area contributed by atoms with E-state index in [1.807, 2.05) is 30.9 Å². The molecule has 1 aliphatic rings. The summed E-state index contributed by atoms with van der Waals surface area (Å²) < 4.78 is 0.283.